The molecule has 4 rings (SSSR count). The van der Waals surface area contributed by atoms with Crippen LogP contribution in [0.25, 0.3) is 17.7 Å². The highest BCUT2D eigenvalue weighted by molar-refractivity contribution is 6.44. The van der Waals surface area contributed by atoms with Crippen LogP contribution in [0.3, 0.4) is 0 Å². The van der Waals surface area contributed by atoms with Crippen molar-refractivity contribution in [1.82, 2.24) is 9.97 Å². The molecule has 0 fully saturated rings. The number of methoxy groups -OCH3 is 1. The van der Waals surface area contributed by atoms with Crippen molar-refractivity contribution in [3.8, 4) is 0 Å². The maximum atomic E-state index is 12.4. The molecule has 2 aromatic rings. The van der Waals surface area contributed by atoms with E-state index in [9.17, 15) is 4.79 Å². The molecule has 0 aliphatic carbocycles. The summed E-state index contributed by atoms with van der Waals surface area (Å²) in [6.45, 7) is 1.90. The second-order valence-electron chi connectivity index (χ2n) is 6.46. The van der Waals surface area contributed by atoms with E-state index in [4.69, 9.17) is 4.74 Å². The second-order valence-corrected chi connectivity index (χ2v) is 6.46. The van der Waals surface area contributed by atoms with Gasteiger partial charge in [-0.25, -0.2) is 9.79 Å². The third-order valence-corrected chi connectivity index (χ3v) is 4.50. The molecule has 0 atom stereocenters. The fourth-order valence-corrected chi connectivity index (χ4v) is 3.10. The smallest absolute Gasteiger partial charge is 0.342 e. The summed E-state index contributed by atoms with van der Waals surface area (Å²) in [6, 6.07) is 7.75. The summed E-state index contributed by atoms with van der Waals surface area (Å²) in [6.07, 6.45) is 15.1. The van der Waals surface area contributed by atoms with Crippen molar-refractivity contribution < 1.29 is 9.53 Å². The third-order valence-electron chi connectivity index (χ3n) is 4.50. The highest BCUT2D eigenvalue weighted by Crippen LogP contribution is 2.15. The summed E-state index contributed by atoms with van der Waals surface area (Å²) in [5, 5.41) is 1.51. The highest BCUT2D eigenvalue weighted by atomic mass is 16.5. The number of aromatic nitrogens is 2. The van der Waals surface area contributed by atoms with Gasteiger partial charge in [0.15, 0.2) is 0 Å². The van der Waals surface area contributed by atoms with Crippen molar-refractivity contribution in [1.29, 1.82) is 0 Å². The monoisotopic (exact) mass is 384 g/mol. The molecule has 6 nitrogen and oxygen atoms in total. The molecule has 0 aromatic carbocycles. The number of aliphatic imine (C=N–C) groups is 2. The number of H-pyrrole nitrogens is 2. The molecule has 0 bridgehead atoms. The fourth-order valence-electron chi connectivity index (χ4n) is 3.10. The summed E-state index contributed by atoms with van der Waals surface area (Å²) in [4.78, 5) is 27.7. The van der Waals surface area contributed by atoms with E-state index in [0.717, 1.165) is 28.1 Å². The standard InChI is InChI=1S/C23H20N4O2/c1-3-15-8-10-20(26-15)22(23(28)29-2)21-11-9-19(27-21)14-18-7-6-17(25-18)13-16-5-4-12-24-16/h3-14,25,27H,1-2H3/b15-3-,16-13-,19-14-,22-21?. The molecule has 0 spiro atoms. The summed E-state index contributed by atoms with van der Waals surface area (Å²) >= 11 is 0. The van der Waals surface area contributed by atoms with Gasteiger partial charge in [-0.05, 0) is 67.6 Å². The number of hydrogen-bond donors (Lipinski definition) is 2. The molecule has 0 saturated heterocycles. The van der Waals surface area contributed by atoms with Crippen molar-refractivity contribution in [2.24, 2.45) is 9.98 Å². The van der Waals surface area contributed by atoms with Crippen molar-refractivity contribution in [3.05, 3.63) is 88.1 Å². The van der Waals surface area contributed by atoms with Crippen LogP contribution in [0.15, 0.2) is 76.0 Å². The topological polar surface area (TPSA) is 82.6 Å². The Bertz CT molecular complexity index is 1250. The maximum absolute atomic E-state index is 12.4. The predicted molar refractivity (Wildman–Crippen MR) is 116 cm³/mol. The van der Waals surface area contributed by atoms with Crippen LogP contribution in [-0.2, 0) is 9.53 Å². The lowest BCUT2D eigenvalue weighted by Gasteiger charge is -2.02. The minimum Gasteiger partial charge on any atom is -0.465 e. The summed E-state index contributed by atoms with van der Waals surface area (Å²) in [5.41, 5.74) is 4.61. The highest BCUT2D eigenvalue weighted by Gasteiger charge is 2.19. The number of esters is 1. The molecule has 0 amide bonds. The van der Waals surface area contributed by atoms with Gasteiger partial charge in [-0.15, -0.1) is 0 Å². The minimum atomic E-state index is -0.432. The maximum Gasteiger partial charge on any atom is 0.342 e. The van der Waals surface area contributed by atoms with Gasteiger partial charge in [0.2, 0.25) is 0 Å². The minimum absolute atomic E-state index is 0.406. The van der Waals surface area contributed by atoms with Crippen molar-refractivity contribution in [3.63, 3.8) is 0 Å². The summed E-state index contributed by atoms with van der Waals surface area (Å²) in [7, 11) is 1.37. The van der Waals surface area contributed by atoms with Gasteiger partial charge in [-0.2, -0.15) is 0 Å². The Labute approximate surface area is 167 Å². The lowest BCUT2D eigenvalue weighted by atomic mass is 10.1. The molecular weight excluding hydrogens is 364 g/mol. The van der Waals surface area contributed by atoms with E-state index in [1.54, 1.807) is 6.21 Å². The van der Waals surface area contributed by atoms with Crippen molar-refractivity contribution >= 4 is 35.6 Å². The van der Waals surface area contributed by atoms with Gasteiger partial charge in [0.1, 0.15) is 5.57 Å². The molecule has 0 unspecified atom stereocenters. The molecule has 144 valence electrons. The molecule has 0 radical (unpaired) electrons. The van der Waals surface area contributed by atoms with Crippen LogP contribution in [0.4, 0.5) is 0 Å². The fraction of sp³-hybridized carbons (Fsp3) is 0.0870. The first-order valence-corrected chi connectivity index (χ1v) is 9.20. The molecule has 4 heterocycles. The SMILES string of the molecule is C/C=C1/C=CC(C(C(=O)OC)=c2cc/c(=C/c3ccc(/C=C4/C=CC=N4)[nH]3)[nH]2)=N1. The number of nitrogens with one attached hydrogen (secondary N) is 2. The molecular formula is C23H20N4O2. The number of aromatic amines is 2. The number of allylic oxidation sites excluding steroid dienone is 5. The van der Waals surface area contributed by atoms with E-state index in [0.29, 0.717) is 16.6 Å². The van der Waals surface area contributed by atoms with Gasteiger partial charge in [0.25, 0.3) is 0 Å². The Morgan fingerprint density at radius 3 is 2.52 bits per heavy atom. The average molecular weight is 384 g/mol. The lowest BCUT2D eigenvalue weighted by molar-refractivity contribution is -0.133. The molecule has 29 heavy (non-hydrogen) atoms. The van der Waals surface area contributed by atoms with Gasteiger partial charge < -0.3 is 14.7 Å². The Morgan fingerprint density at radius 2 is 1.83 bits per heavy atom. The van der Waals surface area contributed by atoms with E-state index >= 15 is 0 Å². The van der Waals surface area contributed by atoms with E-state index < -0.39 is 5.97 Å². The first-order valence-electron chi connectivity index (χ1n) is 9.20. The van der Waals surface area contributed by atoms with Crippen LogP contribution in [-0.4, -0.2) is 35.0 Å². The van der Waals surface area contributed by atoms with E-state index in [1.807, 2.05) is 73.7 Å². The van der Waals surface area contributed by atoms with E-state index in [-0.39, 0.29) is 0 Å². The summed E-state index contributed by atoms with van der Waals surface area (Å²) in [5.74, 6) is -0.432. The zero-order valence-corrected chi connectivity index (χ0v) is 16.1. The third kappa shape index (κ3) is 4.01. The quantitative estimate of drug-likeness (QED) is 0.794. The number of rotatable bonds is 4. The largest absolute Gasteiger partial charge is 0.465 e. The Hall–Kier alpha value is -3.93. The second kappa shape index (κ2) is 7.98. The number of ether oxygens (including phenoxy) is 1. The van der Waals surface area contributed by atoms with Crippen LogP contribution in [0.2, 0.25) is 0 Å². The van der Waals surface area contributed by atoms with Crippen LogP contribution < -0.4 is 10.7 Å². The van der Waals surface area contributed by atoms with Crippen LogP contribution >= 0.6 is 0 Å². The predicted octanol–water partition coefficient (Wildman–Crippen LogP) is 2.39. The van der Waals surface area contributed by atoms with Crippen LogP contribution in [0.5, 0.6) is 0 Å². The average Bonchev–Trinajstić information content (AvgIpc) is 3.51. The number of hydrogen-bond acceptors (Lipinski definition) is 4. The van der Waals surface area contributed by atoms with Crippen LogP contribution in [0, 0.1) is 0 Å². The van der Waals surface area contributed by atoms with Crippen molar-refractivity contribution in [2.45, 2.75) is 6.92 Å². The zero-order chi connectivity index (χ0) is 20.2. The molecule has 2 aromatic heterocycles. The van der Waals surface area contributed by atoms with Crippen molar-refractivity contribution in [2.75, 3.05) is 7.11 Å². The Kier molecular flexibility index (Phi) is 5.07. The van der Waals surface area contributed by atoms with Gasteiger partial charge in [-0.1, -0.05) is 6.08 Å². The summed E-state index contributed by atoms with van der Waals surface area (Å²) < 4.78 is 4.97. The Morgan fingerprint density at radius 1 is 1.00 bits per heavy atom. The number of carbonyl (C=O) groups is 1. The Balaban J connectivity index is 1.71. The lowest BCUT2D eigenvalue weighted by Crippen LogP contribution is -2.23. The first kappa shape index (κ1) is 18.4. The van der Waals surface area contributed by atoms with E-state index in [1.165, 1.54) is 7.11 Å². The number of carbonyl (C=O) groups excluding carboxylic acids is 1. The molecule has 2 aliphatic heterocycles. The van der Waals surface area contributed by atoms with Gasteiger partial charge in [-0.3, -0.25) is 4.99 Å². The molecule has 6 heteroatoms. The van der Waals surface area contributed by atoms with Gasteiger partial charge in [0, 0.05) is 23.0 Å². The normalized spacial score (nSPS) is 19.5. The van der Waals surface area contributed by atoms with Crippen LogP contribution in [0.1, 0.15) is 18.3 Å². The zero-order valence-electron chi connectivity index (χ0n) is 16.1. The molecule has 2 N–H and O–H groups in total. The van der Waals surface area contributed by atoms with E-state index in [2.05, 4.69) is 20.0 Å². The molecule has 2 aliphatic rings. The first-order chi connectivity index (χ1) is 14.2. The van der Waals surface area contributed by atoms with Gasteiger partial charge in [0.05, 0.1) is 29.6 Å². The molecule has 0 saturated carbocycles. The van der Waals surface area contributed by atoms with Gasteiger partial charge >= 0.3 is 5.97 Å². The number of nitrogens with zero attached hydrogens (tertiary/aromatic N) is 2.